The number of hydrogen-bond acceptors (Lipinski definition) is 3. The number of fused-ring (bicyclic) bond motifs is 1. The van der Waals surface area contributed by atoms with Gasteiger partial charge in [0, 0.05) is 27.3 Å². The zero-order valence-electron chi connectivity index (χ0n) is 10.9. The fourth-order valence-corrected chi connectivity index (χ4v) is 2.64. The second kappa shape index (κ2) is 5.06. The van der Waals surface area contributed by atoms with Gasteiger partial charge in [-0.25, -0.2) is 0 Å². The Bertz CT molecular complexity index is 722. The molecule has 20 heavy (non-hydrogen) atoms. The Morgan fingerprint density at radius 3 is 2.75 bits per heavy atom. The smallest absolute Gasteiger partial charge is 0.256 e. The molecule has 4 heteroatoms. The number of phenolic OH excluding ortho intramolecular Hbond substituents is 1. The Morgan fingerprint density at radius 1 is 1.20 bits per heavy atom. The molecule has 0 fully saturated rings. The van der Waals surface area contributed by atoms with Crippen LogP contribution >= 0.6 is 11.8 Å². The Kier molecular flexibility index (Phi) is 3.24. The van der Waals surface area contributed by atoms with Crippen molar-refractivity contribution in [3.05, 3.63) is 53.6 Å². The minimum Gasteiger partial charge on any atom is -0.507 e. The first-order valence-electron chi connectivity index (χ1n) is 6.18. The average molecular weight is 283 g/mol. The number of hydrogen-bond donors (Lipinski definition) is 2. The normalized spacial score (nSPS) is 15.2. The molecular formula is C16H13NO2S. The molecule has 1 aliphatic heterocycles. The summed E-state index contributed by atoms with van der Waals surface area (Å²) >= 11 is 1.56. The van der Waals surface area contributed by atoms with Crippen molar-refractivity contribution in [2.45, 2.75) is 4.90 Å². The maximum atomic E-state index is 12.0. The molecule has 3 nitrogen and oxygen atoms in total. The molecule has 0 bridgehead atoms. The highest BCUT2D eigenvalue weighted by Crippen LogP contribution is 2.34. The topological polar surface area (TPSA) is 49.3 Å². The summed E-state index contributed by atoms with van der Waals surface area (Å²) in [6, 6.07) is 13.0. The lowest BCUT2D eigenvalue weighted by atomic mass is 10.0. The minimum atomic E-state index is -0.139. The maximum Gasteiger partial charge on any atom is 0.256 e. The van der Waals surface area contributed by atoms with E-state index in [2.05, 4.69) is 5.32 Å². The van der Waals surface area contributed by atoms with E-state index in [1.54, 1.807) is 23.9 Å². The first-order valence-corrected chi connectivity index (χ1v) is 7.41. The van der Waals surface area contributed by atoms with Crippen LogP contribution in [0.5, 0.6) is 5.75 Å². The summed E-state index contributed by atoms with van der Waals surface area (Å²) in [6.07, 6.45) is 3.67. The molecular weight excluding hydrogens is 270 g/mol. The highest BCUT2D eigenvalue weighted by Gasteiger charge is 2.23. The molecule has 2 aromatic rings. The maximum absolute atomic E-state index is 12.0. The van der Waals surface area contributed by atoms with E-state index in [9.17, 15) is 9.90 Å². The fourth-order valence-electron chi connectivity index (χ4n) is 2.21. The number of aromatic hydroxyl groups is 1. The molecule has 1 aliphatic rings. The van der Waals surface area contributed by atoms with E-state index >= 15 is 0 Å². The van der Waals surface area contributed by atoms with Gasteiger partial charge in [0.15, 0.2) is 0 Å². The van der Waals surface area contributed by atoms with Crippen molar-refractivity contribution in [2.24, 2.45) is 0 Å². The van der Waals surface area contributed by atoms with Crippen molar-refractivity contribution in [1.29, 1.82) is 0 Å². The lowest BCUT2D eigenvalue weighted by molar-refractivity contribution is -0.110. The molecule has 0 saturated heterocycles. The van der Waals surface area contributed by atoms with Gasteiger partial charge in [0.1, 0.15) is 5.75 Å². The standard InChI is InChI=1S/C16H13NO2S/c1-20-11-7-6-10(15(18)9-11)8-13-12-4-2-3-5-14(12)17-16(13)19/h2-9,18H,1H3,(H,17,19). The predicted molar refractivity (Wildman–Crippen MR) is 82.8 cm³/mol. The summed E-state index contributed by atoms with van der Waals surface area (Å²) in [6.45, 7) is 0. The zero-order chi connectivity index (χ0) is 14.1. The molecule has 0 radical (unpaired) electrons. The molecule has 0 unspecified atom stereocenters. The van der Waals surface area contributed by atoms with Crippen LogP contribution < -0.4 is 5.32 Å². The number of thioether (sulfide) groups is 1. The molecule has 0 spiro atoms. The number of rotatable bonds is 2. The molecule has 0 saturated carbocycles. The number of para-hydroxylation sites is 1. The van der Waals surface area contributed by atoms with E-state index in [1.807, 2.05) is 42.7 Å². The third kappa shape index (κ3) is 2.18. The zero-order valence-corrected chi connectivity index (χ0v) is 11.7. The molecule has 2 aromatic carbocycles. The van der Waals surface area contributed by atoms with Gasteiger partial charge in [-0.3, -0.25) is 4.79 Å². The van der Waals surface area contributed by atoms with Crippen LogP contribution in [0, 0.1) is 0 Å². The van der Waals surface area contributed by atoms with Gasteiger partial charge in [-0.1, -0.05) is 24.3 Å². The molecule has 0 aromatic heterocycles. The highest BCUT2D eigenvalue weighted by molar-refractivity contribution is 7.98. The molecule has 100 valence electrons. The largest absolute Gasteiger partial charge is 0.507 e. The Balaban J connectivity index is 2.07. The van der Waals surface area contributed by atoms with Gasteiger partial charge in [0.2, 0.25) is 0 Å². The van der Waals surface area contributed by atoms with Crippen molar-refractivity contribution >= 4 is 35.0 Å². The minimum absolute atomic E-state index is 0.139. The highest BCUT2D eigenvalue weighted by atomic mass is 32.2. The van der Waals surface area contributed by atoms with E-state index in [1.165, 1.54) is 0 Å². The predicted octanol–water partition coefficient (Wildman–Crippen LogP) is 3.61. The summed E-state index contributed by atoms with van der Waals surface area (Å²) in [5.74, 6) is 0.0427. The van der Waals surface area contributed by atoms with E-state index in [-0.39, 0.29) is 11.7 Å². The van der Waals surface area contributed by atoms with Crippen LogP contribution in [0.3, 0.4) is 0 Å². The second-order valence-corrected chi connectivity index (χ2v) is 5.36. The first-order chi connectivity index (χ1) is 9.69. The number of carbonyl (C=O) groups excluding carboxylic acids is 1. The molecule has 1 heterocycles. The van der Waals surface area contributed by atoms with Gasteiger partial charge in [0.05, 0.1) is 0 Å². The fraction of sp³-hybridized carbons (Fsp3) is 0.0625. The molecule has 0 aliphatic carbocycles. The molecule has 0 atom stereocenters. The number of carbonyl (C=O) groups is 1. The van der Waals surface area contributed by atoms with Crippen molar-refractivity contribution in [3.63, 3.8) is 0 Å². The third-order valence-corrected chi connectivity index (χ3v) is 3.97. The Hall–Kier alpha value is -2.20. The van der Waals surface area contributed by atoms with Crippen molar-refractivity contribution in [2.75, 3.05) is 11.6 Å². The van der Waals surface area contributed by atoms with Crippen molar-refractivity contribution in [1.82, 2.24) is 0 Å². The van der Waals surface area contributed by atoms with Crippen LogP contribution in [0.15, 0.2) is 47.4 Å². The van der Waals surface area contributed by atoms with Crippen molar-refractivity contribution in [3.8, 4) is 5.75 Å². The number of anilines is 1. The van der Waals surface area contributed by atoms with Gasteiger partial charge in [-0.15, -0.1) is 11.8 Å². The van der Waals surface area contributed by atoms with Crippen LogP contribution in [0.1, 0.15) is 11.1 Å². The summed E-state index contributed by atoms with van der Waals surface area (Å²) in [7, 11) is 0. The van der Waals surface area contributed by atoms with Crippen LogP contribution in [-0.4, -0.2) is 17.3 Å². The number of phenols is 1. The van der Waals surface area contributed by atoms with Crippen LogP contribution in [0.4, 0.5) is 5.69 Å². The summed E-state index contributed by atoms with van der Waals surface area (Å²) in [4.78, 5) is 13.0. The van der Waals surface area contributed by atoms with E-state index in [0.29, 0.717) is 11.1 Å². The van der Waals surface area contributed by atoms with Crippen LogP contribution in [0.2, 0.25) is 0 Å². The van der Waals surface area contributed by atoms with Crippen LogP contribution in [-0.2, 0) is 4.79 Å². The van der Waals surface area contributed by atoms with Gasteiger partial charge in [-0.05, 0) is 30.5 Å². The number of nitrogens with one attached hydrogen (secondary N) is 1. The van der Waals surface area contributed by atoms with Gasteiger partial charge >= 0.3 is 0 Å². The molecule has 1 amide bonds. The summed E-state index contributed by atoms with van der Waals surface area (Å²) in [5.41, 5.74) is 2.90. The van der Waals surface area contributed by atoms with E-state index < -0.39 is 0 Å². The monoisotopic (exact) mass is 283 g/mol. The van der Waals surface area contributed by atoms with Gasteiger partial charge in [-0.2, -0.15) is 0 Å². The Morgan fingerprint density at radius 2 is 2.00 bits per heavy atom. The number of benzene rings is 2. The summed E-state index contributed by atoms with van der Waals surface area (Å²) < 4.78 is 0. The molecule has 3 rings (SSSR count). The summed E-state index contributed by atoms with van der Waals surface area (Å²) in [5, 5.41) is 12.8. The second-order valence-electron chi connectivity index (χ2n) is 4.48. The quantitative estimate of drug-likeness (QED) is 0.654. The number of amides is 1. The van der Waals surface area contributed by atoms with Crippen molar-refractivity contribution < 1.29 is 9.90 Å². The lowest BCUT2D eigenvalue weighted by Crippen LogP contribution is -2.03. The average Bonchev–Trinajstić information content (AvgIpc) is 2.77. The van der Waals surface area contributed by atoms with E-state index in [0.717, 1.165) is 16.1 Å². The van der Waals surface area contributed by atoms with Gasteiger partial charge < -0.3 is 10.4 Å². The third-order valence-electron chi connectivity index (χ3n) is 3.25. The molecule has 2 N–H and O–H groups in total. The van der Waals surface area contributed by atoms with Gasteiger partial charge in [0.25, 0.3) is 5.91 Å². The SMILES string of the molecule is CSc1ccc(C=C2C(=O)Nc3ccccc32)c(O)c1. The van der Waals surface area contributed by atoms with E-state index in [4.69, 9.17) is 0 Å². The van der Waals surface area contributed by atoms with Crippen LogP contribution in [0.25, 0.3) is 11.6 Å². The lowest BCUT2D eigenvalue weighted by Gasteiger charge is -2.03. The Labute approximate surface area is 121 Å². The first kappa shape index (κ1) is 12.8.